The molecule has 0 heterocycles. The first-order valence-corrected chi connectivity index (χ1v) is 8.37. The zero-order chi connectivity index (χ0) is 17.4. The molecule has 1 fully saturated rings. The van der Waals surface area contributed by atoms with Crippen molar-refractivity contribution in [1.82, 2.24) is 0 Å². The molecule has 128 valence electrons. The van der Waals surface area contributed by atoms with Crippen LogP contribution in [0.25, 0.3) is 0 Å². The van der Waals surface area contributed by atoms with E-state index in [0.717, 1.165) is 12.1 Å². The van der Waals surface area contributed by atoms with Gasteiger partial charge in [-0.1, -0.05) is 0 Å². The number of halogens is 2. The zero-order valence-electron chi connectivity index (χ0n) is 12.2. The minimum absolute atomic E-state index is 0.143. The molecule has 0 radical (unpaired) electrons. The summed E-state index contributed by atoms with van der Waals surface area (Å²) >= 11 is 0. The third kappa shape index (κ3) is 3.58. The maximum Gasteiger partial charge on any atom is 0.341 e. The largest absolute Gasteiger partial charge is 0.393 e. The van der Waals surface area contributed by atoms with Crippen LogP contribution < -0.4 is 4.90 Å². The van der Waals surface area contributed by atoms with E-state index < -0.39 is 31.1 Å². The highest BCUT2D eigenvalue weighted by Crippen LogP contribution is 2.34. The number of hydrogen-bond donors (Lipinski definition) is 1. The van der Waals surface area contributed by atoms with Gasteiger partial charge < -0.3 is 10.0 Å². The van der Waals surface area contributed by atoms with Crippen LogP contribution in [0.5, 0.6) is 0 Å². The van der Waals surface area contributed by atoms with Gasteiger partial charge in [-0.15, -0.1) is 0 Å². The quantitative estimate of drug-likeness (QED) is 0.620. The molecule has 0 bridgehead atoms. The van der Waals surface area contributed by atoms with Crippen LogP contribution >= 0.6 is 0 Å². The summed E-state index contributed by atoms with van der Waals surface area (Å²) in [6, 6.07) is 2.75. The molecule has 0 aromatic heterocycles. The summed E-state index contributed by atoms with van der Waals surface area (Å²) in [7, 11) is -3.30. The van der Waals surface area contributed by atoms with E-state index in [1.165, 1.54) is 0 Å². The Balaban J connectivity index is 2.32. The highest BCUT2D eigenvalue weighted by molar-refractivity contribution is 7.91. The van der Waals surface area contributed by atoms with Gasteiger partial charge in [0.05, 0.1) is 15.9 Å². The van der Waals surface area contributed by atoms with Gasteiger partial charge in [-0.2, -0.15) is 8.78 Å². The molecule has 1 N–H and O–H groups in total. The Labute approximate surface area is 131 Å². The fraction of sp³-hybridized carbons (Fsp3) is 0.538. The van der Waals surface area contributed by atoms with Crippen molar-refractivity contribution in [1.29, 1.82) is 0 Å². The van der Waals surface area contributed by atoms with Crippen molar-refractivity contribution in [2.45, 2.75) is 29.6 Å². The minimum Gasteiger partial charge on any atom is -0.393 e. The highest BCUT2D eigenvalue weighted by atomic mass is 32.2. The zero-order valence-corrected chi connectivity index (χ0v) is 13.0. The van der Waals surface area contributed by atoms with E-state index in [-0.39, 0.29) is 17.7 Å². The van der Waals surface area contributed by atoms with Crippen molar-refractivity contribution in [2.24, 2.45) is 5.92 Å². The number of sulfone groups is 1. The lowest BCUT2D eigenvalue weighted by Gasteiger charge is -2.35. The van der Waals surface area contributed by atoms with E-state index in [2.05, 4.69) is 0 Å². The van der Waals surface area contributed by atoms with Crippen molar-refractivity contribution in [2.75, 3.05) is 18.5 Å². The Morgan fingerprint density at radius 1 is 1.43 bits per heavy atom. The van der Waals surface area contributed by atoms with Crippen LogP contribution in [0, 0.1) is 16.0 Å². The predicted molar refractivity (Wildman–Crippen MR) is 78.3 cm³/mol. The summed E-state index contributed by atoms with van der Waals surface area (Å²) in [6.07, 6.45) is 0.827. The fourth-order valence-electron chi connectivity index (χ4n) is 2.59. The number of rotatable bonds is 6. The molecule has 2 rings (SSSR count). The van der Waals surface area contributed by atoms with Crippen molar-refractivity contribution < 1.29 is 27.2 Å². The van der Waals surface area contributed by atoms with Crippen LogP contribution in [-0.2, 0) is 9.84 Å². The van der Waals surface area contributed by atoms with Gasteiger partial charge in [-0.25, -0.2) is 8.42 Å². The molecule has 0 spiro atoms. The van der Waals surface area contributed by atoms with E-state index in [9.17, 15) is 32.4 Å². The Hall–Kier alpha value is -1.81. The maximum absolute atomic E-state index is 12.6. The third-order valence-corrected chi connectivity index (χ3v) is 5.24. The second-order valence-corrected chi connectivity index (χ2v) is 7.50. The van der Waals surface area contributed by atoms with Gasteiger partial charge in [0.15, 0.2) is 0 Å². The monoisotopic (exact) mass is 350 g/mol. The first-order chi connectivity index (χ1) is 10.6. The molecular weight excluding hydrogens is 334 g/mol. The predicted octanol–water partition coefficient (Wildman–Crippen LogP) is 1.80. The second-order valence-electron chi connectivity index (χ2n) is 5.59. The van der Waals surface area contributed by atoms with E-state index in [1.54, 1.807) is 11.9 Å². The summed E-state index contributed by atoms with van der Waals surface area (Å²) in [4.78, 5) is 11.1. The Bertz CT molecular complexity index is 704. The summed E-state index contributed by atoms with van der Waals surface area (Å²) in [6.45, 7) is 0.443. The molecular formula is C13H16F2N2O5S. The molecule has 0 amide bonds. The van der Waals surface area contributed by atoms with Gasteiger partial charge in [0.25, 0.3) is 5.69 Å². The topological polar surface area (TPSA) is 101 Å². The number of alkyl halides is 2. The molecule has 0 atom stereocenters. The number of hydrogen-bond acceptors (Lipinski definition) is 6. The van der Waals surface area contributed by atoms with E-state index in [4.69, 9.17) is 0 Å². The van der Waals surface area contributed by atoms with Crippen LogP contribution in [0.1, 0.15) is 12.8 Å². The first-order valence-electron chi connectivity index (χ1n) is 6.82. The molecule has 7 nitrogen and oxygen atoms in total. The molecule has 1 aliphatic rings. The second kappa shape index (κ2) is 6.36. The van der Waals surface area contributed by atoms with Crippen molar-refractivity contribution in [3.8, 4) is 0 Å². The molecule has 1 aromatic carbocycles. The molecule has 10 heteroatoms. The van der Waals surface area contributed by atoms with Crippen LogP contribution in [0.4, 0.5) is 20.2 Å². The van der Waals surface area contributed by atoms with Gasteiger partial charge in [-0.3, -0.25) is 10.1 Å². The van der Waals surface area contributed by atoms with Crippen LogP contribution in [0.15, 0.2) is 23.1 Å². The van der Waals surface area contributed by atoms with Crippen molar-refractivity contribution >= 4 is 21.2 Å². The van der Waals surface area contributed by atoms with Crippen LogP contribution in [0.2, 0.25) is 0 Å². The SMILES string of the molecule is CN(CC1CC(O)C1)c1ccc(S(=O)(=O)C(F)F)cc1[N+](=O)[O-]. The van der Waals surface area contributed by atoms with Gasteiger partial charge in [0, 0.05) is 19.7 Å². The van der Waals surface area contributed by atoms with Crippen molar-refractivity contribution in [3.63, 3.8) is 0 Å². The highest BCUT2D eigenvalue weighted by Gasteiger charge is 2.32. The molecule has 1 aliphatic carbocycles. The summed E-state index contributed by atoms with van der Waals surface area (Å²) in [5, 5.41) is 20.4. The lowest BCUT2D eigenvalue weighted by Crippen LogP contribution is -2.37. The lowest BCUT2D eigenvalue weighted by molar-refractivity contribution is -0.384. The number of nitrogens with zero attached hydrogens (tertiary/aromatic N) is 2. The Morgan fingerprint density at radius 2 is 2.04 bits per heavy atom. The van der Waals surface area contributed by atoms with Gasteiger partial charge >= 0.3 is 5.76 Å². The maximum atomic E-state index is 12.6. The van der Waals surface area contributed by atoms with E-state index in [0.29, 0.717) is 25.5 Å². The van der Waals surface area contributed by atoms with E-state index >= 15 is 0 Å². The molecule has 0 aliphatic heterocycles. The van der Waals surface area contributed by atoms with Crippen LogP contribution in [0.3, 0.4) is 0 Å². The Morgan fingerprint density at radius 3 is 2.52 bits per heavy atom. The van der Waals surface area contributed by atoms with Crippen molar-refractivity contribution in [3.05, 3.63) is 28.3 Å². The normalized spacial score (nSPS) is 21.1. The summed E-state index contributed by atoms with van der Waals surface area (Å²) in [5.41, 5.74) is -0.404. The smallest absolute Gasteiger partial charge is 0.341 e. The molecule has 0 saturated heterocycles. The average molecular weight is 350 g/mol. The lowest BCUT2D eigenvalue weighted by atomic mass is 9.82. The third-order valence-electron chi connectivity index (χ3n) is 3.86. The van der Waals surface area contributed by atoms with Gasteiger partial charge in [0.2, 0.25) is 9.84 Å². The summed E-state index contributed by atoms with van der Waals surface area (Å²) in [5.74, 6) is -3.46. The van der Waals surface area contributed by atoms with Crippen LogP contribution in [-0.4, -0.2) is 43.9 Å². The molecule has 1 saturated carbocycles. The fourth-order valence-corrected chi connectivity index (χ4v) is 3.33. The number of anilines is 1. The number of nitro groups is 1. The van der Waals surface area contributed by atoms with E-state index in [1.807, 2.05) is 0 Å². The standard InChI is InChI=1S/C13H16F2N2O5S/c1-16(7-8-4-9(18)5-8)11-3-2-10(6-12(11)17(19)20)23(21,22)13(14)15/h2-3,6,8-9,13,18H,4-5,7H2,1H3. The number of aliphatic hydroxyl groups excluding tert-OH is 1. The molecule has 0 unspecified atom stereocenters. The molecule has 23 heavy (non-hydrogen) atoms. The molecule has 1 aromatic rings. The summed E-state index contributed by atoms with van der Waals surface area (Å²) < 4.78 is 48.0. The minimum atomic E-state index is -4.89. The average Bonchev–Trinajstić information content (AvgIpc) is 2.44. The number of nitro benzene ring substituents is 1. The van der Waals surface area contributed by atoms with Gasteiger partial charge in [0.1, 0.15) is 5.69 Å². The number of aliphatic hydroxyl groups is 1. The number of benzene rings is 1. The Kier molecular flexibility index (Phi) is 4.85. The van der Waals surface area contributed by atoms with Gasteiger partial charge in [-0.05, 0) is 30.9 Å². The first kappa shape index (κ1) is 17.5.